The van der Waals surface area contributed by atoms with Crippen molar-refractivity contribution >= 4 is 23.2 Å². The van der Waals surface area contributed by atoms with Gasteiger partial charge in [-0.3, -0.25) is 9.59 Å². The monoisotopic (exact) mass is 310 g/mol. The molecule has 0 aliphatic carbocycles. The Morgan fingerprint density at radius 1 is 1.48 bits per heavy atom. The first-order valence-corrected chi connectivity index (χ1v) is 7.39. The number of allylic oxidation sites excluding steroid dienone is 1. The molecule has 1 N–H and O–H groups in total. The van der Waals surface area contributed by atoms with Crippen LogP contribution in [0.1, 0.15) is 19.3 Å². The lowest BCUT2D eigenvalue weighted by atomic mass is 10.3. The highest BCUT2D eigenvalue weighted by molar-refractivity contribution is 6.32. The summed E-state index contributed by atoms with van der Waals surface area (Å²) in [7, 11) is 0. The standard InChI is InChI=1S/C14H19ClN4O2/c1-2-7-19-14(21)13(15)11(10-17-19)16-6-5-12(20)18-8-3-4-9-18/h2,10,16H,1,3-9H2. The number of nitrogens with zero attached hydrogens (tertiary/aromatic N) is 3. The fourth-order valence-corrected chi connectivity index (χ4v) is 2.48. The molecule has 1 aliphatic heterocycles. The number of hydrogen-bond donors (Lipinski definition) is 1. The van der Waals surface area contributed by atoms with Crippen molar-refractivity contribution in [1.29, 1.82) is 0 Å². The maximum Gasteiger partial charge on any atom is 0.287 e. The van der Waals surface area contributed by atoms with Crippen molar-refractivity contribution in [3.8, 4) is 0 Å². The Morgan fingerprint density at radius 2 is 2.19 bits per heavy atom. The highest BCUT2D eigenvalue weighted by Crippen LogP contribution is 2.15. The molecule has 1 aromatic rings. The molecule has 0 bridgehead atoms. The zero-order chi connectivity index (χ0) is 15.2. The van der Waals surface area contributed by atoms with Gasteiger partial charge in [0.15, 0.2) is 0 Å². The summed E-state index contributed by atoms with van der Waals surface area (Å²) in [4.78, 5) is 25.6. The Hall–Kier alpha value is -1.82. The van der Waals surface area contributed by atoms with Gasteiger partial charge in [0, 0.05) is 26.1 Å². The summed E-state index contributed by atoms with van der Waals surface area (Å²) in [6, 6.07) is 0. The number of carbonyl (C=O) groups is 1. The highest BCUT2D eigenvalue weighted by Gasteiger charge is 2.17. The van der Waals surface area contributed by atoms with Crippen LogP contribution in [0.3, 0.4) is 0 Å². The molecule has 21 heavy (non-hydrogen) atoms. The van der Waals surface area contributed by atoms with Crippen molar-refractivity contribution in [2.24, 2.45) is 0 Å². The van der Waals surface area contributed by atoms with E-state index in [1.807, 2.05) is 4.90 Å². The third kappa shape index (κ3) is 3.85. The molecule has 6 nitrogen and oxygen atoms in total. The smallest absolute Gasteiger partial charge is 0.287 e. The maximum absolute atomic E-state index is 11.9. The quantitative estimate of drug-likeness (QED) is 0.809. The van der Waals surface area contributed by atoms with E-state index in [-0.39, 0.29) is 16.5 Å². The van der Waals surface area contributed by atoms with Crippen LogP contribution >= 0.6 is 11.6 Å². The lowest BCUT2D eigenvalue weighted by Gasteiger charge is -2.15. The van der Waals surface area contributed by atoms with Crippen LogP contribution in [0.15, 0.2) is 23.6 Å². The van der Waals surface area contributed by atoms with Crippen LogP contribution in [0.4, 0.5) is 5.69 Å². The number of carbonyl (C=O) groups excluding carboxylic acids is 1. The number of aromatic nitrogens is 2. The summed E-state index contributed by atoms with van der Waals surface area (Å²) in [5, 5.41) is 7.07. The van der Waals surface area contributed by atoms with E-state index in [1.165, 1.54) is 10.9 Å². The van der Waals surface area contributed by atoms with Crippen LogP contribution in [-0.2, 0) is 11.3 Å². The fourth-order valence-electron chi connectivity index (χ4n) is 2.27. The molecule has 2 rings (SSSR count). The predicted octanol–water partition coefficient (Wildman–Crippen LogP) is 1.51. The van der Waals surface area contributed by atoms with Gasteiger partial charge in [-0.1, -0.05) is 17.7 Å². The summed E-state index contributed by atoms with van der Waals surface area (Å²) >= 11 is 6.01. The van der Waals surface area contributed by atoms with E-state index >= 15 is 0 Å². The fraction of sp³-hybridized carbons (Fsp3) is 0.500. The summed E-state index contributed by atoms with van der Waals surface area (Å²) < 4.78 is 1.23. The molecule has 0 saturated carbocycles. The third-order valence-electron chi connectivity index (χ3n) is 3.40. The van der Waals surface area contributed by atoms with Crippen LogP contribution in [0.25, 0.3) is 0 Å². The molecule has 114 valence electrons. The zero-order valence-corrected chi connectivity index (χ0v) is 12.6. The number of halogens is 1. The minimum Gasteiger partial charge on any atom is -0.382 e. The van der Waals surface area contributed by atoms with E-state index in [2.05, 4.69) is 17.0 Å². The largest absolute Gasteiger partial charge is 0.382 e. The molecule has 1 aliphatic rings. The minimum absolute atomic E-state index is 0.0838. The molecule has 0 spiro atoms. The van der Waals surface area contributed by atoms with Gasteiger partial charge in [0.25, 0.3) is 5.56 Å². The molecule has 7 heteroatoms. The molecule has 0 atom stereocenters. The third-order valence-corrected chi connectivity index (χ3v) is 3.77. The van der Waals surface area contributed by atoms with Crippen LogP contribution in [0.5, 0.6) is 0 Å². The van der Waals surface area contributed by atoms with Crippen LogP contribution < -0.4 is 10.9 Å². The summed E-state index contributed by atoms with van der Waals surface area (Å²) in [6.07, 6.45) is 5.61. The summed E-state index contributed by atoms with van der Waals surface area (Å²) in [5.74, 6) is 0.129. The van der Waals surface area contributed by atoms with Crippen LogP contribution in [0.2, 0.25) is 5.02 Å². The molecule has 0 unspecified atom stereocenters. The Morgan fingerprint density at radius 3 is 2.86 bits per heavy atom. The van der Waals surface area contributed by atoms with E-state index in [4.69, 9.17) is 11.6 Å². The van der Waals surface area contributed by atoms with E-state index in [0.29, 0.717) is 25.2 Å². The number of likely N-dealkylation sites (tertiary alicyclic amines) is 1. The van der Waals surface area contributed by atoms with Crippen molar-refractivity contribution in [2.45, 2.75) is 25.8 Å². The van der Waals surface area contributed by atoms with Gasteiger partial charge in [0.1, 0.15) is 5.02 Å². The minimum atomic E-state index is -0.368. The average molecular weight is 311 g/mol. The maximum atomic E-state index is 11.9. The molecular weight excluding hydrogens is 292 g/mol. The molecule has 2 heterocycles. The van der Waals surface area contributed by atoms with Crippen molar-refractivity contribution < 1.29 is 4.79 Å². The normalized spacial score (nSPS) is 14.2. The van der Waals surface area contributed by atoms with Gasteiger partial charge in [-0.15, -0.1) is 6.58 Å². The van der Waals surface area contributed by atoms with Crippen LogP contribution in [-0.4, -0.2) is 40.2 Å². The number of anilines is 1. The molecule has 0 aromatic carbocycles. The van der Waals surface area contributed by atoms with Crippen molar-refractivity contribution in [3.63, 3.8) is 0 Å². The van der Waals surface area contributed by atoms with Gasteiger partial charge in [-0.05, 0) is 12.8 Å². The summed E-state index contributed by atoms with van der Waals surface area (Å²) in [6.45, 7) is 5.99. The second-order valence-electron chi connectivity index (χ2n) is 4.91. The van der Waals surface area contributed by atoms with Gasteiger partial charge in [0.2, 0.25) is 5.91 Å². The van der Waals surface area contributed by atoms with Gasteiger partial charge in [-0.25, -0.2) is 4.68 Å². The first kappa shape index (κ1) is 15.6. The van der Waals surface area contributed by atoms with Gasteiger partial charge in [-0.2, -0.15) is 5.10 Å². The van der Waals surface area contributed by atoms with E-state index in [0.717, 1.165) is 25.9 Å². The number of nitrogens with one attached hydrogen (secondary N) is 1. The Bertz CT molecular complexity index is 579. The molecule has 0 radical (unpaired) electrons. The number of amides is 1. The van der Waals surface area contributed by atoms with Gasteiger partial charge < -0.3 is 10.2 Å². The number of hydrogen-bond acceptors (Lipinski definition) is 4. The van der Waals surface area contributed by atoms with Crippen molar-refractivity contribution in [2.75, 3.05) is 25.0 Å². The topological polar surface area (TPSA) is 67.2 Å². The Labute approximate surface area is 128 Å². The SMILES string of the molecule is C=CCn1ncc(NCCC(=O)N2CCCC2)c(Cl)c1=O. The average Bonchev–Trinajstić information content (AvgIpc) is 3.00. The summed E-state index contributed by atoms with van der Waals surface area (Å²) in [5.41, 5.74) is 0.0867. The van der Waals surface area contributed by atoms with Crippen molar-refractivity contribution in [1.82, 2.24) is 14.7 Å². The van der Waals surface area contributed by atoms with E-state index in [1.54, 1.807) is 6.08 Å². The molecule has 1 aromatic heterocycles. The zero-order valence-electron chi connectivity index (χ0n) is 11.8. The molecule has 1 fully saturated rings. The highest BCUT2D eigenvalue weighted by atomic mass is 35.5. The number of rotatable bonds is 6. The van der Waals surface area contributed by atoms with E-state index in [9.17, 15) is 9.59 Å². The molecule has 1 amide bonds. The first-order chi connectivity index (χ1) is 10.1. The lowest BCUT2D eigenvalue weighted by Crippen LogP contribution is -2.29. The van der Waals surface area contributed by atoms with Crippen molar-refractivity contribution in [3.05, 3.63) is 34.2 Å². The Balaban J connectivity index is 1.91. The molecular formula is C14H19ClN4O2. The predicted molar refractivity (Wildman–Crippen MR) is 82.6 cm³/mol. The van der Waals surface area contributed by atoms with E-state index < -0.39 is 0 Å². The van der Waals surface area contributed by atoms with Crippen LogP contribution in [0, 0.1) is 0 Å². The molecule has 1 saturated heterocycles. The Kier molecular flexibility index (Phi) is 5.38. The van der Waals surface area contributed by atoms with Gasteiger partial charge in [0.05, 0.1) is 18.4 Å². The second kappa shape index (κ2) is 7.26. The first-order valence-electron chi connectivity index (χ1n) is 7.01. The second-order valence-corrected chi connectivity index (χ2v) is 5.29. The van der Waals surface area contributed by atoms with Gasteiger partial charge >= 0.3 is 0 Å². The lowest BCUT2D eigenvalue weighted by molar-refractivity contribution is -0.129.